The Bertz CT molecular complexity index is 560. The second-order valence-electron chi connectivity index (χ2n) is 5.57. The molecule has 0 spiro atoms. The Labute approximate surface area is 130 Å². The molecule has 2 N–H and O–H groups in total. The molecule has 1 aromatic carbocycles. The van der Waals surface area contributed by atoms with Gasteiger partial charge in [0.2, 0.25) is 5.91 Å². The molecule has 1 aliphatic rings. The summed E-state index contributed by atoms with van der Waals surface area (Å²) in [4.78, 5) is 25.6. The third kappa shape index (κ3) is 3.98. The highest BCUT2D eigenvalue weighted by Gasteiger charge is 2.31. The van der Waals surface area contributed by atoms with Crippen LogP contribution in [0.5, 0.6) is 0 Å². The van der Waals surface area contributed by atoms with Gasteiger partial charge < -0.3 is 20.3 Å². The third-order valence-corrected chi connectivity index (χ3v) is 3.85. The lowest BCUT2D eigenvalue weighted by Crippen LogP contribution is -2.44. The fourth-order valence-electron chi connectivity index (χ4n) is 2.45. The van der Waals surface area contributed by atoms with E-state index in [1.165, 1.54) is 5.56 Å². The van der Waals surface area contributed by atoms with E-state index in [9.17, 15) is 9.59 Å². The largest absolute Gasteiger partial charge is 0.383 e. The van der Waals surface area contributed by atoms with E-state index in [1.807, 2.05) is 32.0 Å². The van der Waals surface area contributed by atoms with Gasteiger partial charge >= 0.3 is 6.03 Å². The molecule has 1 aromatic rings. The van der Waals surface area contributed by atoms with Crippen LogP contribution >= 0.6 is 0 Å². The van der Waals surface area contributed by atoms with Gasteiger partial charge in [-0.25, -0.2) is 4.79 Å². The number of nitrogens with zero attached hydrogens (tertiary/aromatic N) is 1. The molecule has 1 atom stereocenters. The summed E-state index contributed by atoms with van der Waals surface area (Å²) < 4.78 is 4.87. The van der Waals surface area contributed by atoms with Crippen molar-refractivity contribution in [2.24, 2.45) is 0 Å². The van der Waals surface area contributed by atoms with Crippen LogP contribution in [0, 0.1) is 13.8 Å². The number of nitrogens with one attached hydrogen (secondary N) is 2. The summed E-state index contributed by atoms with van der Waals surface area (Å²) in [7, 11) is 1.58. The van der Waals surface area contributed by atoms with Crippen LogP contribution in [0.1, 0.15) is 17.5 Å². The molecule has 3 amide bonds. The highest BCUT2D eigenvalue weighted by Crippen LogP contribution is 2.23. The molecule has 6 nitrogen and oxygen atoms in total. The minimum absolute atomic E-state index is 0.0328. The Hall–Kier alpha value is -2.08. The van der Waals surface area contributed by atoms with Crippen molar-refractivity contribution >= 4 is 17.6 Å². The van der Waals surface area contributed by atoms with Crippen molar-refractivity contribution in [3.8, 4) is 0 Å². The van der Waals surface area contributed by atoms with Crippen molar-refractivity contribution in [2.75, 3.05) is 31.7 Å². The first-order valence-electron chi connectivity index (χ1n) is 7.42. The van der Waals surface area contributed by atoms with Crippen LogP contribution in [0.15, 0.2) is 18.2 Å². The predicted octanol–water partition coefficient (Wildman–Crippen LogP) is 1.35. The van der Waals surface area contributed by atoms with Crippen molar-refractivity contribution in [3.05, 3.63) is 29.3 Å². The van der Waals surface area contributed by atoms with Crippen molar-refractivity contribution in [2.45, 2.75) is 26.3 Å². The smallest absolute Gasteiger partial charge is 0.315 e. The maximum atomic E-state index is 12.2. The van der Waals surface area contributed by atoms with E-state index in [4.69, 9.17) is 4.74 Å². The van der Waals surface area contributed by atoms with Gasteiger partial charge in [-0.05, 0) is 37.1 Å². The van der Waals surface area contributed by atoms with Gasteiger partial charge in [-0.3, -0.25) is 4.79 Å². The van der Waals surface area contributed by atoms with Gasteiger partial charge in [0.05, 0.1) is 12.6 Å². The first-order valence-corrected chi connectivity index (χ1v) is 7.42. The average molecular weight is 305 g/mol. The molecule has 0 radical (unpaired) electrons. The SMILES string of the molecule is COCCNC(=O)N[C@@H]1CC(=O)N(c2ccc(C)c(C)c2)C1. The zero-order valence-corrected chi connectivity index (χ0v) is 13.3. The average Bonchev–Trinajstić information content (AvgIpc) is 2.83. The van der Waals surface area contributed by atoms with Crippen molar-refractivity contribution in [3.63, 3.8) is 0 Å². The third-order valence-electron chi connectivity index (χ3n) is 3.85. The van der Waals surface area contributed by atoms with E-state index in [-0.39, 0.29) is 18.0 Å². The van der Waals surface area contributed by atoms with Gasteiger partial charge in [-0.15, -0.1) is 0 Å². The van der Waals surface area contributed by atoms with Crippen LogP contribution in [0.3, 0.4) is 0 Å². The lowest BCUT2D eigenvalue weighted by Gasteiger charge is -2.18. The number of urea groups is 1. The number of aryl methyl sites for hydroxylation is 2. The number of benzene rings is 1. The van der Waals surface area contributed by atoms with E-state index in [0.29, 0.717) is 26.1 Å². The van der Waals surface area contributed by atoms with Crippen molar-refractivity contribution < 1.29 is 14.3 Å². The Morgan fingerprint density at radius 1 is 1.36 bits per heavy atom. The van der Waals surface area contributed by atoms with Crippen LogP contribution in [0.25, 0.3) is 0 Å². The number of hydrogen-bond acceptors (Lipinski definition) is 3. The van der Waals surface area contributed by atoms with E-state index in [0.717, 1.165) is 11.3 Å². The summed E-state index contributed by atoms with van der Waals surface area (Å²) in [5.74, 6) is 0.0328. The second kappa shape index (κ2) is 7.26. The number of anilines is 1. The standard InChI is InChI=1S/C16H23N3O3/c1-11-4-5-14(8-12(11)2)19-10-13(9-15(19)20)18-16(21)17-6-7-22-3/h4-5,8,13H,6-7,9-10H2,1-3H3,(H2,17,18,21)/t13-/m1/s1. The molecule has 1 saturated heterocycles. The normalized spacial score (nSPS) is 17.7. The van der Waals surface area contributed by atoms with Crippen LogP contribution in [0.2, 0.25) is 0 Å². The minimum atomic E-state index is -0.267. The minimum Gasteiger partial charge on any atom is -0.383 e. The van der Waals surface area contributed by atoms with E-state index < -0.39 is 0 Å². The molecular formula is C16H23N3O3. The molecule has 120 valence electrons. The number of methoxy groups -OCH3 is 1. The quantitative estimate of drug-likeness (QED) is 0.807. The number of ether oxygens (including phenoxy) is 1. The monoisotopic (exact) mass is 305 g/mol. The number of carbonyl (C=O) groups excluding carboxylic acids is 2. The molecule has 1 aliphatic heterocycles. The molecule has 1 heterocycles. The predicted molar refractivity (Wildman–Crippen MR) is 85.1 cm³/mol. The van der Waals surface area contributed by atoms with E-state index >= 15 is 0 Å². The fraction of sp³-hybridized carbons (Fsp3) is 0.500. The van der Waals surface area contributed by atoms with Gasteiger partial charge in [-0.2, -0.15) is 0 Å². The topological polar surface area (TPSA) is 70.7 Å². The molecule has 6 heteroatoms. The molecule has 0 saturated carbocycles. The molecule has 2 rings (SSSR count). The summed E-state index contributed by atoms with van der Waals surface area (Å²) >= 11 is 0. The number of hydrogen-bond donors (Lipinski definition) is 2. The van der Waals surface area contributed by atoms with Crippen molar-refractivity contribution in [1.29, 1.82) is 0 Å². The first kappa shape index (κ1) is 16.3. The zero-order valence-electron chi connectivity index (χ0n) is 13.3. The maximum absolute atomic E-state index is 12.2. The Balaban J connectivity index is 1.93. The Kier molecular flexibility index (Phi) is 5.38. The maximum Gasteiger partial charge on any atom is 0.315 e. The summed E-state index contributed by atoms with van der Waals surface area (Å²) in [5, 5.41) is 5.52. The van der Waals surface area contributed by atoms with Gasteiger partial charge in [-0.1, -0.05) is 6.07 Å². The molecule has 0 bridgehead atoms. The van der Waals surface area contributed by atoms with E-state index in [2.05, 4.69) is 10.6 Å². The van der Waals surface area contributed by atoms with Crippen LogP contribution in [0.4, 0.5) is 10.5 Å². The highest BCUT2D eigenvalue weighted by molar-refractivity contribution is 5.96. The molecule has 22 heavy (non-hydrogen) atoms. The fourth-order valence-corrected chi connectivity index (χ4v) is 2.45. The number of rotatable bonds is 5. The lowest BCUT2D eigenvalue weighted by molar-refractivity contribution is -0.117. The number of amides is 3. The lowest BCUT2D eigenvalue weighted by atomic mass is 10.1. The van der Waals surface area contributed by atoms with Crippen LogP contribution in [-0.2, 0) is 9.53 Å². The van der Waals surface area contributed by atoms with Gasteiger partial charge in [0.15, 0.2) is 0 Å². The molecule has 1 fully saturated rings. The molecule has 0 aliphatic carbocycles. The molecule has 0 aromatic heterocycles. The van der Waals surface area contributed by atoms with Crippen molar-refractivity contribution in [1.82, 2.24) is 10.6 Å². The molecule has 0 unspecified atom stereocenters. The van der Waals surface area contributed by atoms with E-state index in [1.54, 1.807) is 12.0 Å². The Morgan fingerprint density at radius 2 is 2.14 bits per heavy atom. The Morgan fingerprint density at radius 3 is 2.82 bits per heavy atom. The summed E-state index contributed by atoms with van der Waals surface area (Å²) in [5.41, 5.74) is 3.24. The van der Waals surface area contributed by atoms with Crippen LogP contribution < -0.4 is 15.5 Å². The first-order chi connectivity index (χ1) is 10.5. The number of carbonyl (C=O) groups is 2. The summed E-state index contributed by atoms with van der Waals surface area (Å²) in [6.45, 7) is 5.48. The van der Waals surface area contributed by atoms with Crippen LogP contribution in [-0.4, -0.2) is 44.8 Å². The highest BCUT2D eigenvalue weighted by atomic mass is 16.5. The van der Waals surface area contributed by atoms with Gasteiger partial charge in [0.25, 0.3) is 0 Å². The van der Waals surface area contributed by atoms with Gasteiger partial charge in [0.1, 0.15) is 0 Å². The summed E-state index contributed by atoms with van der Waals surface area (Å²) in [6, 6.07) is 5.53. The summed E-state index contributed by atoms with van der Waals surface area (Å²) in [6.07, 6.45) is 0.324. The van der Waals surface area contributed by atoms with Gasteiger partial charge in [0, 0.05) is 32.3 Å². The second-order valence-corrected chi connectivity index (χ2v) is 5.57. The zero-order chi connectivity index (χ0) is 16.1. The molecular weight excluding hydrogens is 282 g/mol.